The molecule has 96 valence electrons. The van der Waals surface area contributed by atoms with Crippen molar-refractivity contribution in [2.45, 2.75) is 31.5 Å². The van der Waals surface area contributed by atoms with Crippen molar-refractivity contribution >= 4 is 27.4 Å². The smallest absolute Gasteiger partial charge is 0.367 e. The number of alkyl halides is 3. The minimum Gasteiger partial charge on any atom is -0.367 e. The lowest BCUT2D eigenvalue weighted by molar-refractivity contribution is -0.128. The van der Waals surface area contributed by atoms with Gasteiger partial charge in [-0.25, -0.2) is 9.97 Å². The third-order valence-corrected chi connectivity index (χ3v) is 3.45. The summed E-state index contributed by atoms with van der Waals surface area (Å²) in [5.41, 5.74) is 0. The van der Waals surface area contributed by atoms with Gasteiger partial charge in [-0.05, 0) is 24.3 Å². The predicted octanol–water partition coefficient (Wildman–Crippen LogP) is 3.37. The molecule has 1 fully saturated rings. The number of nitrogens with zero attached hydrogens (tertiary/aromatic N) is 2. The molecule has 0 atom stereocenters. The van der Waals surface area contributed by atoms with Crippen molar-refractivity contribution in [3.8, 4) is 0 Å². The van der Waals surface area contributed by atoms with Crippen molar-refractivity contribution in [1.29, 1.82) is 0 Å². The summed E-state index contributed by atoms with van der Waals surface area (Å²) in [5.74, 6) is 0.364. The summed E-state index contributed by atoms with van der Waals surface area (Å²) >= 11 is 1.33. The first kappa shape index (κ1) is 11.7. The second-order valence-electron chi connectivity index (χ2n) is 4.34. The van der Waals surface area contributed by atoms with Gasteiger partial charge in [-0.15, -0.1) is 11.3 Å². The fraction of sp³-hybridized carbons (Fsp3) is 0.455. The third-order valence-electron chi connectivity index (χ3n) is 2.65. The first-order chi connectivity index (χ1) is 8.51. The molecule has 0 spiro atoms. The van der Waals surface area contributed by atoms with Crippen LogP contribution in [-0.4, -0.2) is 22.2 Å². The monoisotopic (exact) mass is 273 g/mol. The Bertz CT molecular complexity index is 574. The van der Waals surface area contributed by atoms with Crippen molar-refractivity contribution < 1.29 is 13.2 Å². The summed E-state index contributed by atoms with van der Waals surface area (Å²) in [7, 11) is 0. The number of nitrogens with one attached hydrogen (secondary N) is 1. The molecule has 0 bridgehead atoms. The van der Waals surface area contributed by atoms with E-state index in [2.05, 4.69) is 15.3 Å². The summed E-state index contributed by atoms with van der Waals surface area (Å²) in [6.45, 7) is 0. The predicted molar refractivity (Wildman–Crippen MR) is 63.8 cm³/mol. The van der Waals surface area contributed by atoms with Gasteiger partial charge in [-0.1, -0.05) is 0 Å². The van der Waals surface area contributed by atoms with Crippen LogP contribution in [0, 0.1) is 0 Å². The Labute approximate surface area is 105 Å². The molecule has 1 aliphatic carbocycles. The van der Waals surface area contributed by atoms with Gasteiger partial charge < -0.3 is 5.32 Å². The van der Waals surface area contributed by atoms with Gasteiger partial charge in [-0.3, -0.25) is 0 Å². The van der Waals surface area contributed by atoms with E-state index in [-0.39, 0.29) is 5.82 Å². The van der Waals surface area contributed by atoms with Gasteiger partial charge in [-0.2, -0.15) is 13.2 Å². The fourth-order valence-electron chi connectivity index (χ4n) is 1.69. The molecule has 2 aromatic heterocycles. The van der Waals surface area contributed by atoms with Crippen LogP contribution in [0.3, 0.4) is 0 Å². The molecule has 0 saturated heterocycles. The zero-order valence-corrected chi connectivity index (χ0v) is 10.1. The van der Waals surface area contributed by atoms with Crippen molar-refractivity contribution in [1.82, 2.24) is 9.97 Å². The molecule has 0 aromatic carbocycles. The number of fused-ring (bicyclic) bond motifs is 1. The van der Waals surface area contributed by atoms with Crippen LogP contribution in [-0.2, 0) is 6.42 Å². The fourth-order valence-corrected chi connectivity index (χ4v) is 2.47. The Hall–Kier alpha value is -1.37. The second kappa shape index (κ2) is 4.08. The van der Waals surface area contributed by atoms with Crippen LogP contribution in [0.4, 0.5) is 19.0 Å². The van der Waals surface area contributed by atoms with Gasteiger partial charge in [0.2, 0.25) is 0 Å². The number of hydrogen-bond acceptors (Lipinski definition) is 4. The van der Waals surface area contributed by atoms with E-state index in [0.29, 0.717) is 16.7 Å². The van der Waals surface area contributed by atoms with Gasteiger partial charge in [0.1, 0.15) is 22.9 Å². The standard InChI is InChI=1S/C11H10F3N3S/c12-11(13,14)5-8-16-9(15-6-1-2-6)7-3-4-18-10(7)17-8/h3-4,6H,1-2,5H2,(H,15,16,17). The lowest BCUT2D eigenvalue weighted by atomic mass is 10.3. The molecule has 1 saturated carbocycles. The lowest BCUT2D eigenvalue weighted by Gasteiger charge is -2.09. The van der Waals surface area contributed by atoms with E-state index in [1.54, 1.807) is 0 Å². The Morgan fingerprint density at radius 1 is 1.33 bits per heavy atom. The number of anilines is 1. The first-order valence-electron chi connectivity index (χ1n) is 5.59. The van der Waals surface area contributed by atoms with Gasteiger partial charge in [0.05, 0.1) is 5.39 Å². The summed E-state index contributed by atoms with van der Waals surface area (Å²) in [6, 6.07) is 2.18. The molecule has 2 heterocycles. The van der Waals surface area contributed by atoms with Crippen molar-refractivity contribution in [2.75, 3.05) is 5.32 Å². The van der Waals surface area contributed by atoms with Crippen LogP contribution in [0.2, 0.25) is 0 Å². The average molecular weight is 273 g/mol. The van der Waals surface area contributed by atoms with Crippen molar-refractivity contribution in [3.05, 3.63) is 17.3 Å². The molecule has 1 N–H and O–H groups in total. The van der Waals surface area contributed by atoms with Crippen LogP contribution < -0.4 is 5.32 Å². The summed E-state index contributed by atoms with van der Waals surface area (Å²) in [5, 5.41) is 5.78. The van der Waals surface area contributed by atoms with Gasteiger partial charge in [0, 0.05) is 6.04 Å². The highest BCUT2D eigenvalue weighted by molar-refractivity contribution is 7.16. The SMILES string of the molecule is FC(F)(F)Cc1nc(NC2CC2)c2ccsc2n1. The summed E-state index contributed by atoms with van der Waals surface area (Å²) in [6.07, 6.45) is -3.27. The quantitative estimate of drug-likeness (QED) is 0.931. The zero-order chi connectivity index (χ0) is 12.8. The van der Waals surface area contributed by atoms with Crippen LogP contribution in [0.25, 0.3) is 10.2 Å². The third kappa shape index (κ3) is 2.55. The van der Waals surface area contributed by atoms with Crippen molar-refractivity contribution in [3.63, 3.8) is 0 Å². The van der Waals surface area contributed by atoms with Gasteiger partial charge in [0.25, 0.3) is 0 Å². The van der Waals surface area contributed by atoms with Gasteiger partial charge in [0.15, 0.2) is 0 Å². The van der Waals surface area contributed by atoms with Crippen LogP contribution >= 0.6 is 11.3 Å². The lowest BCUT2D eigenvalue weighted by Crippen LogP contribution is -2.15. The van der Waals surface area contributed by atoms with E-state index in [1.807, 2.05) is 11.4 Å². The number of aromatic nitrogens is 2. The Morgan fingerprint density at radius 3 is 2.78 bits per heavy atom. The largest absolute Gasteiger partial charge is 0.396 e. The van der Waals surface area contributed by atoms with Gasteiger partial charge >= 0.3 is 6.18 Å². The Balaban J connectivity index is 1.99. The summed E-state index contributed by atoms with van der Waals surface area (Å²) < 4.78 is 37.1. The molecule has 0 aliphatic heterocycles. The molecule has 1 aliphatic rings. The molecule has 18 heavy (non-hydrogen) atoms. The minimum absolute atomic E-state index is 0.166. The van der Waals surface area contributed by atoms with Crippen molar-refractivity contribution in [2.24, 2.45) is 0 Å². The maximum atomic E-state index is 12.4. The van der Waals surface area contributed by atoms with E-state index in [0.717, 1.165) is 18.2 Å². The van der Waals surface area contributed by atoms with E-state index in [4.69, 9.17) is 0 Å². The molecule has 3 nitrogen and oxygen atoms in total. The maximum Gasteiger partial charge on any atom is 0.396 e. The van der Waals surface area contributed by atoms with Crippen LogP contribution in [0.5, 0.6) is 0 Å². The molecule has 7 heteroatoms. The number of hydrogen-bond donors (Lipinski definition) is 1. The van der Waals surface area contributed by atoms with E-state index >= 15 is 0 Å². The molecule has 0 unspecified atom stereocenters. The first-order valence-corrected chi connectivity index (χ1v) is 6.47. The number of thiophene rings is 1. The highest BCUT2D eigenvalue weighted by Crippen LogP contribution is 2.31. The molecular formula is C11H10F3N3S. The number of halogens is 3. The van der Waals surface area contributed by atoms with E-state index in [1.165, 1.54) is 11.3 Å². The van der Waals surface area contributed by atoms with E-state index in [9.17, 15) is 13.2 Å². The number of rotatable bonds is 3. The van der Waals surface area contributed by atoms with Crippen LogP contribution in [0.1, 0.15) is 18.7 Å². The normalized spacial score (nSPS) is 16.2. The average Bonchev–Trinajstić information content (AvgIpc) is 2.91. The molecule has 0 amide bonds. The zero-order valence-electron chi connectivity index (χ0n) is 9.29. The summed E-state index contributed by atoms with van der Waals surface area (Å²) in [4.78, 5) is 8.56. The molecule has 3 rings (SSSR count). The maximum absolute atomic E-state index is 12.4. The molecule has 2 aromatic rings. The Kier molecular flexibility index (Phi) is 2.65. The minimum atomic E-state index is -4.28. The Morgan fingerprint density at radius 2 is 2.11 bits per heavy atom. The van der Waals surface area contributed by atoms with E-state index < -0.39 is 12.6 Å². The highest BCUT2D eigenvalue weighted by Gasteiger charge is 2.30. The topological polar surface area (TPSA) is 37.8 Å². The second-order valence-corrected chi connectivity index (χ2v) is 5.23. The molecular weight excluding hydrogens is 263 g/mol. The molecule has 0 radical (unpaired) electrons. The highest BCUT2D eigenvalue weighted by atomic mass is 32.1. The van der Waals surface area contributed by atoms with Crippen LogP contribution in [0.15, 0.2) is 11.4 Å².